The molecule has 0 aliphatic carbocycles. The smallest absolute Gasteiger partial charge is 0.229 e. The number of hydrogen-bond donors (Lipinski definition) is 1. The molecule has 0 spiro atoms. The Bertz CT molecular complexity index is 446. The third-order valence-corrected chi connectivity index (χ3v) is 3.52. The summed E-state index contributed by atoms with van der Waals surface area (Å²) in [5, 5.41) is 0. The highest BCUT2D eigenvalue weighted by Gasteiger charge is 2.42. The number of nitrogens with zero attached hydrogens (tertiary/aromatic N) is 2. The van der Waals surface area contributed by atoms with Crippen molar-refractivity contribution in [2.45, 2.75) is 18.5 Å². The summed E-state index contributed by atoms with van der Waals surface area (Å²) in [6.45, 7) is 0.823. The number of amides is 1. The standard InChI is InChI=1S/C12H15N3O/c1-14-7-11-8(13)6-12(16)15(11)10-5-3-2-4-9(10)14/h2-5,8,11H,6-7,13H2,1H3. The second-order valence-corrected chi connectivity index (χ2v) is 4.57. The van der Waals surface area contributed by atoms with E-state index in [1.54, 1.807) is 0 Å². The van der Waals surface area contributed by atoms with E-state index in [0.29, 0.717) is 6.42 Å². The minimum absolute atomic E-state index is 0.0386. The summed E-state index contributed by atoms with van der Waals surface area (Å²) < 4.78 is 0. The molecule has 2 heterocycles. The molecule has 4 heteroatoms. The Morgan fingerprint density at radius 1 is 1.31 bits per heavy atom. The van der Waals surface area contributed by atoms with Crippen LogP contribution in [-0.4, -0.2) is 31.6 Å². The minimum atomic E-state index is -0.0386. The van der Waals surface area contributed by atoms with E-state index in [4.69, 9.17) is 5.73 Å². The average molecular weight is 217 g/mol. The van der Waals surface area contributed by atoms with Gasteiger partial charge in [0.05, 0.1) is 17.4 Å². The molecule has 0 saturated carbocycles. The van der Waals surface area contributed by atoms with Crippen molar-refractivity contribution in [3.63, 3.8) is 0 Å². The molecule has 1 aromatic rings. The number of carbonyl (C=O) groups is 1. The molecular weight excluding hydrogens is 202 g/mol. The maximum Gasteiger partial charge on any atom is 0.229 e. The summed E-state index contributed by atoms with van der Waals surface area (Å²) in [4.78, 5) is 16.0. The highest BCUT2D eigenvalue weighted by molar-refractivity contribution is 6.01. The molecule has 2 atom stereocenters. The molecule has 2 aliphatic heterocycles. The van der Waals surface area contributed by atoms with Crippen molar-refractivity contribution in [1.82, 2.24) is 0 Å². The zero-order valence-electron chi connectivity index (χ0n) is 9.26. The van der Waals surface area contributed by atoms with Crippen molar-refractivity contribution in [3.05, 3.63) is 24.3 Å². The first kappa shape index (κ1) is 9.66. The van der Waals surface area contributed by atoms with Gasteiger partial charge >= 0.3 is 0 Å². The van der Waals surface area contributed by atoms with E-state index < -0.39 is 0 Å². The Morgan fingerprint density at radius 2 is 2.00 bits per heavy atom. The Balaban J connectivity index is 2.13. The third-order valence-electron chi connectivity index (χ3n) is 3.52. The van der Waals surface area contributed by atoms with Crippen LogP contribution in [0.4, 0.5) is 11.4 Å². The van der Waals surface area contributed by atoms with Gasteiger partial charge in [0.1, 0.15) is 0 Å². The molecule has 0 aromatic heterocycles. The fourth-order valence-electron chi connectivity index (χ4n) is 2.71. The number of anilines is 2. The maximum absolute atomic E-state index is 11.9. The quantitative estimate of drug-likeness (QED) is 0.691. The maximum atomic E-state index is 11.9. The number of carbonyl (C=O) groups excluding carboxylic acids is 1. The van der Waals surface area contributed by atoms with E-state index in [-0.39, 0.29) is 18.0 Å². The van der Waals surface area contributed by atoms with E-state index in [1.807, 2.05) is 36.2 Å². The van der Waals surface area contributed by atoms with Crippen molar-refractivity contribution in [2.24, 2.45) is 5.73 Å². The second-order valence-electron chi connectivity index (χ2n) is 4.57. The van der Waals surface area contributed by atoms with Crippen molar-refractivity contribution in [3.8, 4) is 0 Å². The summed E-state index contributed by atoms with van der Waals surface area (Å²) >= 11 is 0. The van der Waals surface area contributed by atoms with Crippen molar-refractivity contribution in [1.29, 1.82) is 0 Å². The van der Waals surface area contributed by atoms with Crippen molar-refractivity contribution < 1.29 is 4.79 Å². The van der Waals surface area contributed by atoms with Gasteiger partial charge in [-0.05, 0) is 12.1 Å². The van der Waals surface area contributed by atoms with Crippen LogP contribution in [0.3, 0.4) is 0 Å². The van der Waals surface area contributed by atoms with Gasteiger partial charge in [-0.2, -0.15) is 0 Å². The molecule has 16 heavy (non-hydrogen) atoms. The lowest BCUT2D eigenvalue weighted by molar-refractivity contribution is -0.117. The molecule has 1 amide bonds. The topological polar surface area (TPSA) is 49.6 Å². The van der Waals surface area contributed by atoms with Crippen LogP contribution in [0.2, 0.25) is 0 Å². The van der Waals surface area contributed by atoms with Gasteiger partial charge in [-0.15, -0.1) is 0 Å². The number of nitrogens with two attached hydrogens (primary N) is 1. The van der Waals surface area contributed by atoms with Gasteiger partial charge in [0, 0.05) is 26.1 Å². The van der Waals surface area contributed by atoms with Crippen molar-refractivity contribution >= 4 is 17.3 Å². The van der Waals surface area contributed by atoms with Crippen LogP contribution >= 0.6 is 0 Å². The monoisotopic (exact) mass is 217 g/mol. The largest absolute Gasteiger partial charge is 0.371 e. The predicted molar refractivity (Wildman–Crippen MR) is 63.6 cm³/mol. The number of fused-ring (bicyclic) bond motifs is 3. The van der Waals surface area contributed by atoms with Gasteiger partial charge in [0.25, 0.3) is 0 Å². The molecule has 1 fully saturated rings. The number of hydrogen-bond acceptors (Lipinski definition) is 3. The summed E-state index contributed by atoms with van der Waals surface area (Å²) in [5.74, 6) is 0.151. The second kappa shape index (κ2) is 3.22. The van der Waals surface area contributed by atoms with E-state index in [1.165, 1.54) is 0 Å². The molecule has 0 bridgehead atoms. The highest BCUT2D eigenvalue weighted by atomic mass is 16.2. The fourth-order valence-corrected chi connectivity index (χ4v) is 2.71. The van der Waals surface area contributed by atoms with Crippen LogP contribution < -0.4 is 15.5 Å². The number of para-hydroxylation sites is 2. The first-order valence-electron chi connectivity index (χ1n) is 5.56. The average Bonchev–Trinajstić information content (AvgIpc) is 2.55. The molecule has 2 aliphatic rings. The summed E-state index contributed by atoms with van der Waals surface area (Å²) in [6.07, 6.45) is 0.465. The van der Waals surface area contributed by atoms with Crippen LogP contribution in [0.15, 0.2) is 24.3 Å². The van der Waals surface area contributed by atoms with Gasteiger partial charge in [-0.3, -0.25) is 4.79 Å². The lowest BCUT2D eigenvalue weighted by Crippen LogP contribution is -2.51. The van der Waals surface area contributed by atoms with Crippen LogP contribution in [0.25, 0.3) is 0 Å². The molecule has 84 valence electrons. The zero-order valence-corrected chi connectivity index (χ0v) is 9.26. The Kier molecular flexibility index (Phi) is 1.94. The normalized spacial score (nSPS) is 28.0. The zero-order chi connectivity index (χ0) is 11.3. The fraction of sp³-hybridized carbons (Fsp3) is 0.417. The minimum Gasteiger partial charge on any atom is -0.371 e. The molecule has 4 nitrogen and oxygen atoms in total. The van der Waals surface area contributed by atoms with E-state index in [2.05, 4.69) is 4.90 Å². The van der Waals surface area contributed by atoms with Gasteiger partial charge < -0.3 is 15.5 Å². The molecule has 1 saturated heterocycles. The van der Waals surface area contributed by atoms with Crippen LogP contribution in [0.5, 0.6) is 0 Å². The van der Waals surface area contributed by atoms with E-state index in [0.717, 1.165) is 17.9 Å². The van der Waals surface area contributed by atoms with Gasteiger partial charge in [-0.25, -0.2) is 0 Å². The summed E-state index contributed by atoms with van der Waals surface area (Å²) in [7, 11) is 2.05. The van der Waals surface area contributed by atoms with Crippen LogP contribution in [0, 0.1) is 0 Å². The first-order chi connectivity index (χ1) is 7.68. The molecule has 1 aromatic carbocycles. The Morgan fingerprint density at radius 3 is 2.75 bits per heavy atom. The van der Waals surface area contributed by atoms with Crippen LogP contribution in [0.1, 0.15) is 6.42 Å². The van der Waals surface area contributed by atoms with Crippen molar-refractivity contribution in [2.75, 3.05) is 23.4 Å². The van der Waals surface area contributed by atoms with Crippen LogP contribution in [-0.2, 0) is 4.79 Å². The third kappa shape index (κ3) is 1.16. The first-order valence-corrected chi connectivity index (χ1v) is 5.56. The van der Waals surface area contributed by atoms with E-state index >= 15 is 0 Å². The van der Waals surface area contributed by atoms with Gasteiger partial charge in [-0.1, -0.05) is 12.1 Å². The Hall–Kier alpha value is -1.55. The number of rotatable bonds is 0. The number of benzene rings is 1. The lowest BCUT2D eigenvalue weighted by Gasteiger charge is -2.39. The summed E-state index contributed by atoms with van der Waals surface area (Å²) in [5.41, 5.74) is 8.12. The van der Waals surface area contributed by atoms with E-state index in [9.17, 15) is 4.79 Å². The highest BCUT2D eigenvalue weighted by Crippen LogP contribution is 2.38. The van der Waals surface area contributed by atoms with Gasteiger partial charge in [0.15, 0.2) is 0 Å². The molecule has 2 N–H and O–H groups in total. The predicted octanol–water partition coefficient (Wildman–Crippen LogP) is 0.569. The SMILES string of the molecule is CN1CC2C(N)CC(=O)N2c2ccccc21. The van der Waals surface area contributed by atoms with Gasteiger partial charge in [0.2, 0.25) is 5.91 Å². The molecule has 2 unspecified atom stereocenters. The summed E-state index contributed by atoms with van der Waals surface area (Å²) in [6, 6.07) is 8.09. The Labute approximate surface area is 94.6 Å². The molecular formula is C12H15N3O. The number of likely N-dealkylation sites (N-methyl/N-ethyl adjacent to an activating group) is 1. The lowest BCUT2D eigenvalue weighted by atomic mass is 10.1. The molecule has 3 rings (SSSR count). The molecule has 0 radical (unpaired) electrons.